The van der Waals surface area contributed by atoms with Crippen molar-refractivity contribution in [2.24, 2.45) is 0 Å². The van der Waals surface area contributed by atoms with Gasteiger partial charge in [0.1, 0.15) is 18.2 Å². The SMILES string of the molecule is N#Cc1cn(CC(=O)N2CCSC3(CCC3)CC2)c(=O)[nH]c1=O. The number of hydrogen-bond acceptors (Lipinski definition) is 5. The summed E-state index contributed by atoms with van der Waals surface area (Å²) in [6.45, 7) is 1.23. The van der Waals surface area contributed by atoms with Crippen LogP contribution in [0.3, 0.4) is 0 Å². The Bertz CT molecular complexity index is 772. The number of carbonyl (C=O) groups is 1. The largest absolute Gasteiger partial charge is 0.340 e. The second-order valence-corrected chi connectivity index (χ2v) is 7.62. The number of rotatable bonds is 2. The molecule has 23 heavy (non-hydrogen) atoms. The van der Waals surface area contributed by atoms with Gasteiger partial charge in [0, 0.05) is 29.8 Å². The highest BCUT2D eigenvalue weighted by atomic mass is 32.2. The van der Waals surface area contributed by atoms with Crippen molar-refractivity contribution in [1.82, 2.24) is 14.5 Å². The maximum absolute atomic E-state index is 12.5. The molecule has 8 heteroatoms. The van der Waals surface area contributed by atoms with E-state index < -0.39 is 11.2 Å². The van der Waals surface area contributed by atoms with Crippen LogP contribution in [0.15, 0.2) is 15.8 Å². The van der Waals surface area contributed by atoms with Crippen LogP contribution < -0.4 is 11.2 Å². The van der Waals surface area contributed by atoms with Crippen molar-refractivity contribution in [3.05, 3.63) is 32.6 Å². The normalized spacial score (nSPS) is 19.7. The standard InChI is InChI=1S/C15H18N4O3S/c16-8-11-9-19(14(22)17-13(11)21)10-12(20)18-5-4-15(2-1-3-15)23-7-6-18/h9H,1-7,10H2,(H,17,21,22). The lowest BCUT2D eigenvalue weighted by Crippen LogP contribution is -2.41. The summed E-state index contributed by atoms with van der Waals surface area (Å²) >= 11 is 1.96. The van der Waals surface area contributed by atoms with E-state index in [-0.39, 0.29) is 18.0 Å². The molecule has 0 radical (unpaired) electrons. The van der Waals surface area contributed by atoms with E-state index in [1.165, 1.54) is 19.3 Å². The number of amides is 1. The van der Waals surface area contributed by atoms with Crippen LogP contribution in [-0.2, 0) is 11.3 Å². The van der Waals surface area contributed by atoms with Gasteiger partial charge in [-0.1, -0.05) is 6.42 Å². The second kappa shape index (κ2) is 6.24. The number of carbonyl (C=O) groups excluding carboxylic acids is 1. The van der Waals surface area contributed by atoms with Crippen molar-refractivity contribution in [2.75, 3.05) is 18.8 Å². The Morgan fingerprint density at radius 2 is 2.13 bits per heavy atom. The van der Waals surface area contributed by atoms with Crippen molar-refractivity contribution in [2.45, 2.75) is 37.0 Å². The first-order chi connectivity index (χ1) is 11.0. The van der Waals surface area contributed by atoms with E-state index >= 15 is 0 Å². The molecule has 2 heterocycles. The molecule has 1 spiro atoms. The van der Waals surface area contributed by atoms with Crippen LogP contribution in [-0.4, -0.2) is 43.9 Å². The van der Waals surface area contributed by atoms with Crippen molar-refractivity contribution < 1.29 is 4.79 Å². The average molecular weight is 334 g/mol. The minimum absolute atomic E-state index is 0.151. The first-order valence-corrected chi connectivity index (χ1v) is 8.67. The summed E-state index contributed by atoms with van der Waals surface area (Å²) in [6.07, 6.45) is 5.87. The Morgan fingerprint density at radius 1 is 1.35 bits per heavy atom. The topological polar surface area (TPSA) is 99.0 Å². The minimum atomic E-state index is -0.723. The first-order valence-electron chi connectivity index (χ1n) is 7.69. The monoisotopic (exact) mass is 334 g/mol. The maximum Gasteiger partial charge on any atom is 0.328 e. The van der Waals surface area contributed by atoms with Gasteiger partial charge in [-0.2, -0.15) is 17.0 Å². The number of hydrogen-bond donors (Lipinski definition) is 1. The van der Waals surface area contributed by atoms with Gasteiger partial charge in [0.05, 0.1) is 0 Å². The van der Waals surface area contributed by atoms with Crippen LogP contribution in [0, 0.1) is 11.3 Å². The highest BCUT2D eigenvalue weighted by Gasteiger charge is 2.39. The van der Waals surface area contributed by atoms with Gasteiger partial charge in [-0.15, -0.1) is 0 Å². The molecular formula is C15H18N4O3S. The Labute approximate surface area is 137 Å². The summed E-state index contributed by atoms with van der Waals surface area (Å²) < 4.78 is 1.46. The molecule has 7 nitrogen and oxygen atoms in total. The molecule has 1 aromatic heterocycles. The molecule has 0 unspecified atom stereocenters. The fourth-order valence-electron chi connectivity index (χ4n) is 3.06. The second-order valence-electron chi connectivity index (χ2n) is 6.06. The number of nitrogens with one attached hydrogen (secondary N) is 1. The average Bonchev–Trinajstić information content (AvgIpc) is 2.72. The van der Waals surface area contributed by atoms with Crippen molar-refractivity contribution in [3.8, 4) is 6.07 Å². The summed E-state index contributed by atoms with van der Waals surface area (Å²) in [4.78, 5) is 39.5. The first kappa shape index (κ1) is 15.9. The van der Waals surface area contributed by atoms with Gasteiger partial charge in [-0.05, 0) is 19.3 Å². The minimum Gasteiger partial charge on any atom is -0.340 e. The van der Waals surface area contributed by atoms with E-state index in [1.54, 1.807) is 11.0 Å². The summed E-state index contributed by atoms with van der Waals surface area (Å²) in [5.41, 5.74) is -1.56. The molecule has 1 amide bonds. The predicted molar refractivity (Wildman–Crippen MR) is 86.3 cm³/mol. The lowest BCUT2D eigenvalue weighted by atomic mass is 9.81. The smallest absolute Gasteiger partial charge is 0.328 e. The third-order valence-electron chi connectivity index (χ3n) is 4.66. The number of aromatic amines is 1. The summed E-state index contributed by atoms with van der Waals surface area (Å²) in [6, 6.07) is 1.72. The van der Waals surface area contributed by atoms with Crippen LogP contribution in [0.25, 0.3) is 0 Å². The number of H-pyrrole nitrogens is 1. The highest BCUT2D eigenvalue weighted by Crippen LogP contribution is 2.47. The highest BCUT2D eigenvalue weighted by molar-refractivity contribution is 8.00. The number of nitriles is 1. The van der Waals surface area contributed by atoms with Crippen LogP contribution in [0.2, 0.25) is 0 Å². The lowest BCUT2D eigenvalue weighted by molar-refractivity contribution is -0.131. The molecule has 122 valence electrons. The molecule has 1 aliphatic carbocycles. The molecule has 0 atom stereocenters. The number of thioether (sulfide) groups is 1. The summed E-state index contributed by atoms with van der Waals surface area (Å²) in [7, 11) is 0. The van der Waals surface area contributed by atoms with Gasteiger partial charge in [0.25, 0.3) is 5.56 Å². The number of aromatic nitrogens is 2. The molecular weight excluding hydrogens is 316 g/mol. The molecule has 3 rings (SSSR count). The summed E-state index contributed by atoms with van der Waals surface area (Å²) in [5, 5.41) is 8.86. The zero-order valence-corrected chi connectivity index (χ0v) is 13.5. The third-order valence-corrected chi connectivity index (χ3v) is 6.27. The van der Waals surface area contributed by atoms with Gasteiger partial charge in [-0.25, -0.2) is 4.79 Å². The lowest BCUT2D eigenvalue weighted by Gasteiger charge is -2.40. The molecule has 0 bridgehead atoms. The van der Waals surface area contributed by atoms with E-state index in [4.69, 9.17) is 5.26 Å². The quantitative estimate of drug-likeness (QED) is 0.838. The molecule has 1 saturated heterocycles. The van der Waals surface area contributed by atoms with Gasteiger partial charge in [-0.3, -0.25) is 19.1 Å². The molecule has 2 fully saturated rings. The molecule has 0 aromatic carbocycles. The predicted octanol–water partition coefficient (Wildman–Crippen LogP) is 0.296. The van der Waals surface area contributed by atoms with E-state index in [2.05, 4.69) is 4.98 Å². The van der Waals surface area contributed by atoms with Crippen LogP contribution >= 0.6 is 11.8 Å². The molecule has 1 aromatic rings. The number of nitrogens with zero attached hydrogens (tertiary/aromatic N) is 3. The fraction of sp³-hybridized carbons (Fsp3) is 0.600. The van der Waals surface area contributed by atoms with E-state index in [0.717, 1.165) is 22.9 Å². The van der Waals surface area contributed by atoms with Crippen molar-refractivity contribution >= 4 is 17.7 Å². The van der Waals surface area contributed by atoms with Gasteiger partial charge < -0.3 is 4.90 Å². The van der Waals surface area contributed by atoms with Crippen molar-refractivity contribution in [1.29, 1.82) is 5.26 Å². The summed E-state index contributed by atoms with van der Waals surface area (Å²) in [5.74, 6) is 0.760. The van der Waals surface area contributed by atoms with E-state index in [0.29, 0.717) is 17.8 Å². The van der Waals surface area contributed by atoms with E-state index in [9.17, 15) is 14.4 Å². The maximum atomic E-state index is 12.5. The van der Waals surface area contributed by atoms with E-state index in [1.807, 2.05) is 11.8 Å². The van der Waals surface area contributed by atoms with Crippen LogP contribution in [0.5, 0.6) is 0 Å². The Balaban J connectivity index is 1.71. The zero-order chi connectivity index (χ0) is 16.4. The Morgan fingerprint density at radius 3 is 2.78 bits per heavy atom. The van der Waals surface area contributed by atoms with Gasteiger partial charge in [0.15, 0.2) is 0 Å². The van der Waals surface area contributed by atoms with Crippen LogP contribution in [0.1, 0.15) is 31.2 Å². The molecule has 1 N–H and O–H groups in total. The zero-order valence-electron chi connectivity index (χ0n) is 12.7. The molecule has 2 aliphatic rings. The Hall–Kier alpha value is -2.01. The van der Waals surface area contributed by atoms with Gasteiger partial charge >= 0.3 is 5.69 Å². The van der Waals surface area contributed by atoms with Gasteiger partial charge in [0.2, 0.25) is 5.91 Å². The molecule has 1 saturated carbocycles. The Kier molecular flexibility index (Phi) is 4.31. The molecule has 1 aliphatic heterocycles. The van der Waals surface area contributed by atoms with Crippen LogP contribution in [0.4, 0.5) is 0 Å². The fourth-order valence-corrected chi connectivity index (χ4v) is 4.62. The van der Waals surface area contributed by atoms with Crippen molar-refractivity contribution in [3.63, 3.8) is 0 Å². The third kappa shape index (κ3) is 3.20.